The molecular formula is C9H13ClO2. The average molecular weight is 189 g/mol. The van der Waals surface area contributed by atoms with Crippen LogP contribution in [0.3, 0.4) is 0 Å². The van der Waals surface area contributed by atoms with E-state index in [9.17, 15) is 0 Å². The van der Waals surface area contributed by atoms with Crippen LogP contribution < -0.4 is 0 Å². The number of ether oxygens (including phenoxy) is 2. The molecule has 3 heteroatoms. The van der Waals surface area contributed by atoms with Crippen molar-refractivity contribution in [1.29, 1.82) is 0 Å². The summed E-state index contributed by atoms with van der Waals surface area (Å²) in [6.07, 6.45) is 5.44. The molecule has 0 aromatic heterocycles. The second-order valence-corrected chi connectivity index (χ2v) is 2.83. The van der Waals surface area contributed by atoms with Crippen LogP contribution in [-0.4, -0.2) is 31.3 Å². The van der Waals surface area contributed by atoms with Crippen molar-refractivity contribution in [1.82, 2.24) is 0 Å². The van der Waals surface area contributed by atoms with Crippen LogP contribution in [0.5, 0.6) is 0 Å². The fraction of sp³-hybridized carbons (Fsp3) is 0.556. The van der Waals surface area contributed by atoms with Crippen molar-refractivity contribution in [3.63, 3.8) is 0 Å². The largest absolute Gasteiger partial charge is 0.372 e. The Morgan fingerprint density at radius 1 is 1.42 bits per heavy atom. The highest BCUT2D eigenvalue weighted by Gasteiger charge is 2.23. The first-order valence-electron chi connectivity index (χ1n) is 3.97. The third-order valence-electron chi connectivity index (χ3n) is 1.68. The highest BCUT2D eigenvalue weighted by atomic mass is 35.5. The predicted molar refractivity (Wildman–Crippen MR) is 49.5 cm³/mol. The smallest absolute Gasteiger partial charge is 0.103 e. The number of rotatable bonds is 3. The first-order valence-corrected chi connectivity index (χ1v) is 4.50. The maximum atomic E-state index is 5.69. The highest BCUT2D eigenvalue weighted by Crippen LogP contribution is 2.12. The quantitative estimate of drug-likeness (QED) is 0.496. The number of hydrogen-bond acceptors (Lipinski definition) is 2. The molecular weight excluding hydrogens is 176 g/mol. The monoisotopic (exact) mass is 188 g/mol. The van der Waals surface area contributed by atoms with Gasteiger partial charge in [0.05, 0.1) is 19.1 Å². The molecule has 0 spiro atoms. The molecule has 0 amide bonds. The van der Waals surface area contributed by atoms with E-state index < -0.39 is 0 Å². The molecule has 2 nitrogen and oxygen atoms in total. The summed E-state index contributed by atoms with van der Waals surface area (Å²) in [5.74, 6) is 0.464. The maximum Gasteiger partial charge on any atom is 0.103 e. The second-order valence-electron chi connectivity index (χ2n) is 2.52. The summed E-state index contributed by atoms with van der Waals surface area (Å²) >= 11 is 5.69. The lowest BCUT2D eigenvalue weighted by Crippen LogP contribution is -2.38. The second kappa shape index (κ2) is 5.36. The summed E-state index contributed by atoms with van der Waals surface area (Å²) < 4.78 is 10.8. The molecule has 0 aliphatic carbocycles. The predicted octanol–water partition coefficient (Wildman–Crippen LogP) is 1.75. The molecule has 1 fully saturated rings. The summed E-state index contributed by atoms with van der Waals surface area (Å²) in [6, 6.07) is 0. The fourth-order valence-corrected chi connectivity index (χ4v) is 1.35. The topological polar surface area (TPSA) is 18.5 Å². The molecule has 1 heterocycles. The summed E-state index contributed by atoms with van der Waals surface area (Å²) in [5.41, 5.74) is 0. The average Bonchev–Trinajstić information content (AvgIpc) is 2.15. The molecule has 0 aromatic rings. The van der Waals surface area contributed by atoms with Crippen LogP contribution in [0.15, 0.2) is 24.8 Å². The Bertz CT molecular complexity index is 168. The number of allylic oxidation sites excluding steroid dienone is 2. The standard InChI is InChI=1S/C9H13ClO2/c1-2-3-4-8-9(7-10)12-6-5-11-8/h2-4,8-9H,1,5-7H2/b4-3+/t8-,9+/m1/s1. The number of alkyl halides is 1. The van der Waals surface area contributed by atoms with E-state index in [4.69, 9.17) is 21.1 Å². The molecule has 0 radical (unpaired) electrons. The summed E-state index contributed by atoms with van der Waals surface area (Å²) in [7, 11) is 0. The molecule has 0 bridgehead atoms. The van der Waals surface area contributed by atoms with Crippen LogP contribution in [0.1, 0.15) is 0 Å². The Morgan fingerprint density at radius 3 is 2.83 bits per heavy atom. The lowest BCUT2D eigenvalue weighted by atomic mass is 10.2. The van der Waals surface area contributed by atoms with Gasteiger partial charge in [-0.2, -0.15) is 0 Å². The molecule has 1 aliphatic rings. The van der Waals surface area contributed by atoms with E-state index in [1.165, 1.54) is 0 Å². The zero-order chi connectivity index (χ0) is 8.81. The van der Waals surface area contributed by atoms with E-state index in [2.05, 4.69) is 6.58 Å². The minimum atomic E-state index is -0.0192. The van der Waals surface area contributed by atoms with E-state index in [1.54, 1.807) is 6.08 Å². The Labute approximate surface area is 77.8 Å². The van der Waals surface area contributed by atoms with Crippen molar-refractivity contribution in [3.8, 4) is 0 Å². The first kappa shape index (κ1) is 9.78. The van der Waals surface area contributed by atoms with Crippen LogP contribution >= 0.6 is 11.6 Å². The first-order chi connectivity index (χ1) is 5.88. The van der Waals surface area contributed by atoms with Crippen molar-refractivity contribution in [3.05, 3.63) is 24.8 Å². The van der Waals surface area contributed by atoms with Crippen molar-refractivity contribution >= 4 is 11.6 Å². The minimum absolute atomic E-state index is 0.0170. The van der Waals surface area contributed by atoms with Crippen molar-refractivity contribution in [2.24, 2.45) is 0 Å². The Morgan fingerprint density at radius 2 is 2.17 bits per heavy atom. The lowest BCUT2D eigenvalue weighted by Gasteiger charge is -2.28. The third-order valence-corrected chi connectivity index (χ3v) is 1.99. The molecule has 2 atom stereocenters. The van der Waals surface area contributed by atoms with Gasteiger partial charge in [0.2, 0.25) is 0 Å². The van der Waals surface area contributed by atoms with Gasteiger partial charge < -0.3 is 9.47 Å². The summed E-state index contributed by atoms with van der Waals surface area (Å²) in [5, 5.41) is 0. The van der Waals surface area contributed by atoms with Gasteiger partial charge in [0.25, 0.3) is 0 Å². The minimum Gasteiger partial charge on any atom is -0.372 e. The molecule has 1 aliphatic heterocycles. The van der Waals surface area contributed by atoms with E-state index in [1.807, 2.05) is 12.2 Å². The van der Waals surface area contributed by atoms with Crippen LogP contribution in [0.2, 0.25) is 0 Å². The van der Waals surface area contributed by atoms with E-state index in [0.717, 1.165) is 0 Å². The Hall–Kier alpha value is -0.310. The van der Waals surface area contributed by atoms with Gasteiger partial charge in [-0.15, -0.1) is 11.6 Å². The normalized spacial score (nSPS) is 30.8. The van der Waals surface area contributed by atoms with Crippen molar-refractivity contribution in [2.45, 2.75) is 12.2 Å². The van der Waals surface area contributed by atoms with Gasteiger partial charge in [-0.05, 0) is 0 Å². The summed E-state index contributed by atoms with van der Waals surface area (Å²) in [4.78, 5) is 0. The molecule has 1 saturated heterocycles. The highest BCUT2D eigenvalue weighted by molar-refractivity contribution is 6.18. The zero-order valence-electron chi connectivity index (χ0n) is 6.91. The van der Waals surface area contributed by atoms with Crippen LogP contribution in [0, 0.1) is 0 Å². The van der Waals surface area contributed by atoms with E-state index in [0.29, 0.717) is 19.1 Å². The van der Waals surface area contributed by atoms with Gasteiger partial charge in [-0.3, -0.25) is 0 Å². The molecule has 0 unspecified atom stereocenters. The molecule has 1 rings (SSSR count). The number of halogens is 1. The molecule has 0 saturated carbocycles. The Balaban J connectivity index is 2.46. The lowest BCUT2D eigenvalue weighted by molar-refractivity contribution is -0.111. The van der Waals surface area contributed by atoms with E-state index >= 15 is 0 Å². The number of hydrogen-bond donors (Lipinski definition) is 0. The fourth-order valence-electron chi connectivity index (χ4n) is 1.09. The van der Waals surface area contributed by atoms with Gasteiger partial charge in [-0.25, -0.2) is 0 Å². The van der Waals surface area contributed by atoms with Crippen LogP contribution in [0.4, 0.5) is 0 Å². The van der Waals surface area contributed by atoms with Gasteiger partial charge in [0.1, 0.15) is 12.2 Å². The SMILES string of the molecule is C=C/C=C/[C@H]1OCCO[C@H]1CCl. The zero-order valence-corrected chi connectivity index (χ0v) is 7.67. The van der Waals surface area contributed by atoms with Gasteiger partial charge >= 0.3 is 0 Å². The molecule has 12 heavy (non-hydrogen) atoms. The van der Waals surface area contributed by atoms with E-state index in [-0.39, 0.29) is 12.2 Å². The van der Waals surface area contributed by atoms with Crippen molar-refractivity contribution in [2.75, 3.05) is 19.1 Å². The molecule has 0 aromatic carbocycles. The van der Waals surface area contributed by atoms with Crippen LogP contribution in [0.25, 0.3) is 0 Å². The Kier molecular flexibility index (Phi) is 4.36. The summed E-state index contributed by atoms with van der Waals surface area (Å²) in [6.45, 7) is 4.85. The van der Waals surface area contributed by atoms with Gasteiger partial charge in [0, 0.05) is 0 Å². The van der Waals surface area contributed by atoms with Gasteiger partial charge in [0.15, 0.2) is 0 Å². The molecule has 0 N–H and O–H groups in total. The van der Waals surface area contributed by atoms with Crippen LogP contribution in [-0.2, 0) is 9.47 Å². The molecule has 68 valence electrons. The maximum absolute atomic E-state index is 5.69. The third kappa shape index (κ3) is 2.63. The van der Waals surface area contributed by atoms with Crippen molar-refractivity contribution < 1.29 is 9.47 Å². The van der Waals surface area contributed by atoms with Gasteiger partial charge in [-0.1, -0.05) is 24.8 Å².